The Balaban J connectivity index is 1.51. The summed E-state index contributed by atoms with van der Waals surface area (Å²) in [5.41, 5.74) is 0.430. The van der Waals surface area contributed by atoms with Crippen molar-refractivity contribution in [1.29, 1.82) is 0 Å². The largest absolute Gasteiger partial charge is 0.492 e. The van der Waals surface area contributed by atoms with Gasteiger partial charge in [0.05, 0.1) is 13.1 Å². The number of carbonyl (C=O) groups is 2. The highest BCUT2D eigenvalue weighted by Crippen LogP contribution is 2.10. The first kappa shape index (κ1) is 22.8. The standard InChI is InChI=1S/C25H27N3O4/c1-27(16-18-31-20-10-5-3-6-11-20)24(29)22-14-9-15-23(26-22)25(30)28(2)17-19-32-21-12-7-4-8-13-21/h3-15H,16-19H2,1-2H3. The van der Waals surface area contributed by atoms with Crippen LogP contribution in [-0.4, -0.2) is 67.0 Å². The number of rotatable bonds is 10. The number of ether oxygens (including phenoxy) is 2. The van der Waals surface area contributed by atoms with E-state index in [9.17, 15) is 9.59 Å². The number of nitrogens with zero attached hydrogens (tertiary/aromatic N) is 3. The minimum atomic E-state index is -0.272. The Bertz CT molecular complexity index is 933. The highest BCUT2D eigenvalue weighted by atomic mass is 16.5. The van der Waals surface area contributed by atoms with E-state index in [0.29, 0.717) is 26.3 Å². The van der Waals surface area contributed by atoms with Gasteiger partial charge in [0.15, 0.2) is 0 Å². The van der Waals surface area contributed by atoms with E-state index in [0.717, 1.165) is 11.5 Å². The van der Waals surface area contributed by atoms with E-state index < -0.39 is 0 Å². The lowest BCUT2D eigenvalue weighted by atomic mass is 10.2. The van der Waals surface area contributed by atoms with E-state index >= 15 is 0 Å². The Kier molecular flexibility index (Phi) is 8.20. The molecule has 0 aliphatic heterocycles. The third-order valence-corrected chi connectivity index (χ3v) is 4.76. The van der Waals surface area contributed by atoms with Gasteiger partial charge in [0.1, 0.15) is 36.1 Å². The quantitative estimate of drug-likeness (QED) is 0.490. The Morgan fingerprint density at radius 1 is 0.656 bits per heavy atom. The first-order chi connectivity index (χ1) is 15.5. The summed E-state index contributed by atoms with van der Waals surface area (Å²) < 4.78 is 11.3. The van der Waals surface area contributed by atoms with Gasteiger partial charge in [0.25, 0.3) is 11.8 Å². The molecule has 166 valence electrons. The fourth-order valence-electron chi connectivity index (χ4n) is 2.90. The first-order valence-electron chi connectivity index (χ1n) is 10.4. The van der Waals surface area contributed by atoms with E-state index in [1.165, 1.54) is 9.80 Å². The number of likely N-dealkylation sites (N-methyl/N-ethyl adjacent to an activating group) is 2. The molecule has 0 radical (unpaired) electrons. The van der Waals surface area contributed by atoms with Gasteiger partial charge in [-0.2, -0.15) is 0 Å². The Morgan fingerprint density at radius 3 is 1.47 bits per heavy atom. The second kappa shape index (κ2) is 11.5. The van der Waals surface area contributed by atoms with Crippen molar-refractivity contribution in [2.75, 3.05) is 40.4 Å². The van der Waals surface area contributed by atoms with Crippen LogP contribution >= 0.6 is 0 Å². The molecule has 0 N–H and O–H groups in total. The monoisotopic (exact) mass is 433 g/mol. The molecule has 0 saturated carbocycles. The lowest BCUT2D eigenvalue weighted by Gasteiger charge is -2.19. The molecule has 0 atom stereocenters. The zero-order chi connectivity index (χ0) is 22.8. The number of hydrogen-bond acceptors (Lipinski definition) is 5. The van der Waals surface area contributed by atoms with Crippen LogP contribution in [0.1, 0.15) is 21.0 Å². The van der Waals surface area contributed by atoms with Gasteiger partial charge in [0.2, 0.25) is 0 Å². The summed E-state index contributed by atoms with van der Waals surface area (Å²) in [6.45, 7) is 1.50. The Morgan fingerprint density at radius 2 is 1.06 bits per heavy atom. The van der Waals surface area contributed by atoms with Gasteiger partial charge in [-0.1, -0.05) is 42.5 Å². The Hall–Kier alpha value is -3.87. The van der Waals surface area contributed by atoms with Crippen molar-refractivity contribution in [2.24, 2.45) is 0 Å². The molecule has 0 unspecified atom stereocenters. The summed E-state index contributed by atoms with van der Waals surface area (Å²) in [5.74, 6) is 0.953. The van der Waals surface area contributed by atoms with E-state index in [2.05, 4.69) is 4.98 Å². The average molecular weight is 434 g/mol. The smallest absolute Gasteiger partial charge is 0.272 e. The number of aromatic nitrogens is 1. The molecule has 0 fully saturated rings. The number of pyridine rings is 1. The summed E-state index contributed by atoms with van der Waals surface area (Å²) in [4.78, 5) is 32.8. The van der Waals surface area contributed by atoms with Crippen LogP contribution in [0.5, 0.6) is 11.5 Å². The van der Waals surface area contributed by atoms with Gasteiger partial charge in [-0.05, 0) is 36.4 Å². The lowest BCUT2D eigenvalue weighted by Crippen LogP contribution is -2.33. The molecular formula is C25H27N3O4. The van der Waals surface area contributed by atoms with Crippen LogP contribution in [0.25, 0.3) is 0 Å². The van der Waals surface area contributed by atoms with E-state index in [1.807, 2.05) is 60.7 Å². The molecule has 1 heterocycles. The van der Waals surface area contributed by atoms with Gasteiger partial charge in [0, 0.05) is 14.1 Å². The molecule has 0 aliphatic rings. The third kappa shape index (κ3) is 6.57. The van der Waals surface area contributed by atoms with E-state index in [1.54, 1.807) is 32.3 Å². The normalized spacial score (nSPS) is 10.3. The molecule has 3 aromatic rings. The summed E-state index contributed by atoms with van der Waals surface area (Å²) in [5, 5.41) is 0. The third-order valence-electron chi connectivity index (χ3n) is 4.76. The van der Waals surface area contributed by atoms with Crippen molar-refractivity contribution >= 4 is 11.8 Å². The van der Waals surface area contributed by atoms with Crippen molar-refractivity contribution in [3.05, 3.63) is 90.3 Å². The minimum Gasteiger partial charge on any atom is -0.492 e. The number of hydrogen-bond donors (Lipinski definition) is 0. The molecular weight excluding hydrogens is 406 g/mol. The van der Waals surface area contributed by atoms with Crippen LogP contribution < -0.4 is 9.47 Å². The number of benzene rings is 2. The van der Waals surface area contributed by atoms with Crippen molar-refractivity contribution in [3.63, 3.8) is 0 Å². The van der Waals surface area contributed by atoms with Crippen LogP contribution in [0.4, 0.5) is 0 Å². The van der Waals surface area contributed by atoms with Crippen molar-refractivity contribution in [3.8, 4) is 11.5 Å². The number of para-hydroxylation sites is 2. The molecule has 3 rings (SSSR count). The molecule has 32 heavy (non-hydrogen) atoms. The average Bonchev–Trinajstić information content (AvgIpc) is 2.84. The van der Waals surface area contributed by atoms with Crippen molar-refractivity contribution in [2.45, 2.75) is 0 Å². The highest BCUT2D eigenvalue weighted by molar-refractivity contribution is 5.96. The van der Waals surface area contributed by atoms with E-state index in [4.69, 9.17) is 9.47 Å². The molecule has 1 aromatic heterocycles. The zero-order valence-electron chi connectivity index (χ0n) is 18.3. The molecule has 7 nitrogen and oxygen atoms in total. The molecule has 0 saturated heterocycles. The fraction of sp³-hybridized carbons (Fsp3) is 0.240. The van der Waals surface area contributed by atoms with Crippen LogP contribution in [0, 0.1) is 0 Å². The first-order valence-corrected chi connectivity index (χ1v) is 10.4. The van der Waals surface area contributed by atoms with Gasteiger partial charge >= 0.3 is 0 Å². The van der Waals surface area contributed by atoms with Crippen LogP contribution in [0.2, 0.25) is 0 Å². The Labute approximate surface area is 188 Å². The molecule has 0 spiro atoms. The lowest BCUT2D eigenvalue weighted by molar-refractivity contribution is 0.0760. The molecule has 0 aliphatic carbocycles. The summed E-state index contributed by atoms with van der Waals surface area (Å²) >= 11 is 0. The van der Waals surface area contributed by atoms with Crippen LogP contribution in [0.15, 0.2) is 78.9 Å². The number of amides is 2. The van der Waals surface area contributed by atoms with Crippen LogP contribution in [0.3, 0.4) is 0 Å². The fourth-order valence-corrected chi connectivity index (χ4v) is 2.90. The van der Waals surface area contributed by atoms with Gasteiger partial charge in [-0.3, -0.25) is 9.59 Å². The van der Waals surface area contributed by atoms with Crippen LogP contribution in [-0.2, 0) is 0 Å². The molecule has 0 bridgehead atoms. The van der Waals surface area contributed by atoms with Crippen molar-refractivity contribution < 1.29 is 19.1 Å². The summed E-state index contributed by atoms with van der Waals surface area (Å²) in [6, 6.07) is 23.7. The summed E-state index contributed by atoms with van der Waals surface area (Å²) in [6.07, 6.45) is 0. The zero-order valence-corrected chi connectivity index (χ0v) is 18.3. The minimum absolute atomic E-state index is 0.215. The van der Waals surface area contributed by atoms with Crippen molar-refractivity contribution in [1.82, 2.24) is 14.8 Å². The van der Waals surface area contributed by atoms with Gasteiger partial charge in [-0.15, -0.1) is 0 Å². The summed E-state index contributed by atoms with van der Waals surface area (Å²) in [7, 11) is 3.36. The second-order valence-corrected chi connectivity index (χ2v) is 7.18. The predicted octanol–water partition coefficient (Wildman–Crippen LogP) is 3.38. The SMILES string of the molecule is CN(CCOc1ccccc1)C(=O)c1cccc(C(=O)N(C)CCOc2ccccc2)n1. The highest BCUT2D eigenvalue weighted by Gasteiger charge is 2.18. The topological polar surface area (TPSA) is 72.0 Å². The maximum Gasteiger partial charge on any atom is 0.272 e. The molecule has 2 amide bonds. The van der Waals surface area contributed by atoms with Gasteiger partial charge in [-0.25, -0.2) is 4.98 Å². The maximum absolute atomic E-state index is 12.7. The maximum atomic E-state index is 12.7. The molecule has 7 heteroatoms. The van der Waals surface area contributed by atoms with E-state index in [-0.39, 0.29) is 23.2 Å². The predicted molar refractivity (Wildman–Crippen MR) is 122 cm³/mol. The number of carbonyl (C=O) groups excluding carboxylic acids is 2. The second-order valence-electron chi connectivity index (χ2n) is 7.18. The van der Waals surface area contributed by atoms with Gasteiger partial charge < -0.3 is 19.3 Å². The molecule has 2 aromatic carbocycles.